The second-order valence-corrected chi connectivity index (χ2v) is 5.91. The lowest BCUT2D eigenvalue weighted by Gasteiger charge is -2.18. The maximum absolute atomic E-state index is 9.91. The van der Waals surface area contributed by atoms with E-state index in [1.165, 1.54) is 0 Å². The van der Waals surface area contributed by atoms with E-state index < -0.39 is 6.10 Å². The molecule has 1 heterocycles. The lowest BCUT2D eigenvalue weighted by molar-refractivity contribution is -0.00321. The first-order chi connectivity index (χ1) is 10.1. The third-order valence-corrected chi connectivity index (χ3v) is 3.91. The zero-order valence-corrected chi connectivity index (χ0v) is 13.2. The maximum atomic E-state index is 9.91. The minimum Gasteiger partial charge on any atom is -0.389 e. The van der Waals surface area contributed by atoms with Crippen LogP contribution in [0.5, 0.6) is 0 Å². The number of halogens is 1. The first kappa shape index (κ1) is 16.7. The third kappa shape index (κ3) is 5.93. The summed E-state index contributed by atoms with van der Waals surface area (Å²) in [4.78, 5) is 0. The molecule has 1 aromatic carbocycles. The Morgan fingerprint density at radius 3 is 2.86 bits per heavy atom. The normalized spacial score (nSPS) is 21.4. The van der Waals surface area contributed by atoms with Gasteiger partial charge in [0.25, 0.3) is 0 Å². The van der Waals surface area contributed by atoms with Crippen molar-refractivity contribution in [3.05, 3.63) is 34.9 Å². The predicted octanol–water partition coefficient (Wildman–Crippen LogP) is 2.55. The monoisotopic (exact) mass is 313 g/mol. The molecule has 0 amide bonds. The van der Waals surface area contributed by atoms with Gasteiger partial charge in [-0.15, -0.1) is 0 Å². The molecule has 0 saturated carbocycles. The first-order valence-corrected chi connectivity index (χ1v) is 7.90. The van der Waals surface area contributed by atoms with Crippen LogP contribution in [0.1, 0.15) is 31.4 Å². The Bertz CT molecular complexity index is 406. The molecular weight excluding hydrogens is 290 g/mol. The topological polar surface area (TPSA) is 50.7 Å². The fraction of sp³-hybridized carbons (Fsp3) is 0.625. The summed E-state index contributed by atoms with van der Waals surface area (Å²) in [6.45, 7) is 4.45. The molecule has 21 heavy (non-hydrogen) atoms. The van der Waals surface area contributed by atoms with Crippen molar-refractivity contribution in [1.82, 2.24) is 5.32 Å². The van der Waals surface area contributed by atoms with E-state index in [0.717, 1.165) is 31.6 Å². The number of rotatable bonds is 8. The predicted molar refractivity (Wildman–Crippen MR) is 83.7 cm³/mol. The molecule has 5 heteroatoms. The molecule has 1 aromatic rings. The second-order valence-electron chi connectivity index (χ2n) is 5.47. The molecule has 0 radical (unpaired) electrons. The van der Waals surface area contributed by atoms with Crippen molar-refractivity contribution < 1.29 is 14.6 Å². The zero-order valence-electron chi connectivity index (χ0n) is 12.4. The summed E-state index contributed by atoms with van der Waals surface area (Å²) in [5.41, 5.74) is 1.05. The van der Waals surface area contributed by atoms with Crippen LogP contribution in [-0.4, -0.2) is 43.6 Å². The van der Waals surface area contributed by atoms with Gasteiger partial charge in [0.1, 0.15) is 0 Å². The average Bonchev–Trinajstić information content (AvgIpc) is 2.99. The standard InChI is InChI=1S/C16H24ClNO3/c1-12(13-4-6-14(17)7-5-13)21-11-15(19)9-18-10-16-3-2-8-20-16/h4-7,12,15-16,18-19H,2-3,8-11H2,1H3/t12-,15+,16+/m0/s1. The van der Waals surface area contributed by atoms with E-state index in [1.807, 2.05) is 31.2 Å². The van der Waals surface area contributed by atoms with E-state index in [0.29, 0.717) is 24.3 Å². The highest BCUT2D eigenvalue weighted by Gasteiger charge is 2.15. The molecule has 2 N–H and O–H groups in total. The molecule has 0 spiro atoms. The lowest BCUT2D eigenvalue weighted by Crippen LogP contribution is -2.35. The SMILES string of the molecule is C[C@H](OC[C@H](O)CNC[C@H]1CCCO1)c1ccc(Cl)cc1. The van der Waals surface area contributed by atoms with Gasteiger partial charge in [-0.1, -0.05) is 23.7 Å². The number of hydrogen-bond acceptors (Lipinski definition) is 4. The fourth-order valence-corrected chi connectivity index (χ4v) is 2.49. The highest BCUT2D eigenvalue weighted by molar-refractivity contribution is 6.30. The number of nitrogens with one attached hydrogen (secondary N) is 1. The molecular formula is C16H24ClNO3. The minimum absolute atomic E-state index is 0.0601. The summed E-state index contributed by atoms with van der Waals surface area (Å²) in [6, 6.07) is 7.57. The van der Waals surface area contributed by atoms with Crippen molar-refractivity contribution in [2.75, 3.05) is 26.3 Å². The van der Waals surface area contributed by atoms with Crippen LogP contribution in [0.4, 0.5) is 0 Å². The zero-order chi connectivity index (χ0) is 15.1. The number of benzene rings is 1. The minimum atomic E-state index is -0.513. The van der Waals surface area contributed by atoms with Crippen LogP contribution in [0, 0.1) is 0 Å². The van der Waals surface area contributed by atoms with Gasteiger partial charge in [-0.05, 0) is 37.5 Å². The molecule has 0 bridgehead atoms. The molecule has 1 aliphatic rings. The quantitative estimate of drug-likeness (QED) is 0.774. The van der Waals surface area contributed by atoms with Gasteiger partial charge in [-0.3, -0.25) is 0 Å². The number of aliphatic hydroxyl groups is 1. The summed E-state index contributed by atoms with van der Waals surface area (Å²) in [5, 5.41) is 13.9. The van der Waals surface area contributed by atoms with Gasteiger partial charge < -0.3 is 19.9 Å². The van der Waals surface area contributed by atoms with Gasteiger partial charge in [0.15, 0.2) is 0 Å². The van der Waals surface area contributed by atoms with E-state index >= 15 is 0 Å². The Hall–Kier alpha value is -0.650. The van der Waals surface area contributed by atoms with Crippen molar-refractivity contribution >= 4 is 11.6 Å². The highest BCUT2D eigenvalue weighted by atomic mass is 35.5. The van der Waals surface area contributed by atoms with Crippen molar-refractivity contribution in [2.45, 2.75) is 38.1 Å². The Kier molecular flexibility index (Phi) is 6.93. The lowest BCUT2D eigenvalue weighted by atomic mass is 10.1. The van der Waals surface area contributed by atoms with Crippen LogP contribution in [0.25, 0.3) is 0 Å². The summed E-state index contributed by atoms with van der Waals surface area (Å²) < 4.78 is 11.2. The van der Waals surface area contributed by atoms with Crippen molar-refractivity contribution in [3.63, 3.8) is 0 Å². The Balaban J connectivity index is 1.61. The van der Waals surface area contributed by atoms with E-state index in [1.54, 1.807) is 0 Å². The van der Waals surface area contributed by atoms with Crippen LogP contribution in [-0.2, 0) is 9.47 Å². The maximum Gasteiger partial charge on any atom is 0.0897 e. The average molecular weight is 314 g/mol. The molecule has 1 fully saturated rings. The molecule has 118 valence electrons. The van der Waals surface area contributed by atoms with Gasteiger partial charge in [0.05, 0.1) is 24.9 Å². The smallest absolute Gasteiger partial charge is 0.0897 e. The Morgan fingerprint density at radius 1 is 1.43 bits per heavy atom. The van der Waals surface area contributed by atoms with Crippen LogP contribution >= 0.6 is 11.6 Å². The van der Waals surface area contributed by atoms with Crippen molar-refractivity contribution in [2.24, 2.45) is 0 Å². The second kappa shape index (κ2) is 8.71. The third-order valence-electron chi connectivity index (χ3n) is 3.65. The summed E-state index contributed by atoms with van der Waals surface area (Å²) in [6.07, 6.45) is 1.96. The molecule has 3 atom stereocenters. The molecule has 1 aliphatic heterocycles. The van der Waals surface area contributed by atoms with Gasteiger partial charge in [0, 0.05) is 24.7 Å². The van der Waals surface area contributed by atoms with Crippen molar-refractivity contribution in [3.8, 4) is 0 Å². The van der Waals surface area contributed by atoms with Crippen molar-refractivity contribution in [1.29, 1.82) is 0 Å². The van der Waals surface area contributed by atoms with Crippen LogP contribution in [0.15, 0.2) is 24.3 Å². The van der Waals surface area contributed by atoms with E-state index in [4.69, 9.17) is 21.1 Å². The summed E-state index contributed by atoms with van der Waals surface area (Å²) >= 11 is 5.86. The number of aliphatic hydroxyl groups excluding tert-OH is 1. The van der Waals surface area contributed by atoms with Gasteiger partial charge >= 0.3 is 0 Å². The Morgan fingerprint density at radius 2 is 2.19 bits per heavy atom. The first-order valence-electron chi connectivity index (χ1n) is 7.52. The van der Waals surface area contributed by atoms with Gasteiger partial charge in [-0.2, -0.15) is 0 Å². The van der Waals surface area contributed by atoms with E-state index in [2.05, 4.69) is 5.32 Å². The molecule has 4 nitrogen and oxygen atoms in total. The number of ether oxygens (including phenoxy) is 2. The molecule has 0 aliphatic carbocycles. The van der Waals surface area contributed by atoms with E-state index in [9.17, 15) is 5.11 Å². The van der Waals surface area contributed by atoms with Crippen LogP contribution in [0.3, 0.4) is 0 Å². The number of hydrogen-bond donors (Lipinski definition) is 2. The van der Waals surface area contributed by atoms with Crippen LogP contribution in [0.2, 0.25) is 5.02 Å². The fourth-order valence-electron chi connectivity index (χ4n) is 2.36. The molecule has 2 rings (SSSR count). The highest BCUT2D eigenvalue weighted by Crippen LogP contribution is 2.19. The van der Waals surface area contributed by atoms with E-state index in [-0.39, 0.29) is 6.10 Å². The van der Waals surface area contributed by atoms with Gasteiger partial charge in [0.2, 0.25) is 0 Å². The van der Waals surface area contributed by atoms with Crippen LogP contribution < -0.4 is 5.32 Å². The van der Waals surface area contributed by atoms with Gasteiger partial charge in [-0.25, -0.2) is 0 Å². The molecule has 0 aromatic heterocycles. The molecule has 0 unspecified atom stereocenters. The largest absolute Gasteiger partial charge is 0.389 e. The summed E-state index contributed by atoms with van der Waals surface area (Å²) in [7, 11) is 0. The summed E-state index contributed by atoms with van der Waals surface area (Å²) in [5.74, 6) is 0. The Labute approximate surface area is 131 Å². The molecule has 1 saturated heterocycles.